The lowest BCUT2D eigenvalue weighted by Gasteiger charge is -2.43. The predicted octanol–water partition coefficient (Wildman–Crippen LogP) is 2.30. The van der Waals surface area contributed by atoms with Gasteiger partial charge in [-0.15, -0.1) is 0 Å². The number of hydrogen-bond donors (Lipinski definition) is 1. The second-order valence-electron chi connectivity index (χ2n) is 8.80. The van der Waals surface area contributed by atoms with E-state index >= 15 is 0 Å². The second-order valence-corrected chi connectivity index (χ2v) is 8.80. The molecule has 5 rings (SSSR count). The van der Waals surface area contributed by atoms with Crippen molar-refractivity contribution in [3.63, 3.8) is 0 Å². The van der Waals surface area contributed by atoms with Crippen molar-refractivity contribution in [2.24, 2.45) is 11.3 Å². The van der Waals surface area contributed by atoms with Gasteiger partial charge in [-0.3, -0.25) is 9.69 Å². The smallest absolute Gasteiger partial charge is 0.416 e. The molecule has 2 atom stereocenters. The Hall–Kier alpha value is -2.70. The van der Waals surface area contributed by atoms with Crippen molar-refractivity contribution >= 4 is 12.0 Å². The molecular weight excluding hydrogens is 378 g/mol. The fraction of sp³-hybridized carbons (Fsp3) is 0.417. The average Bonchev–Trinajstić information content (AvgIpc) is 3.30. The van der Waals surface area contributed by atoms with E-state index in [4.69, 9.17) is 4.74 Å². The third kappa shape index (κ3) is 3.50. The summed E-state index contributed by atoms with van der Waals surface area (Å²) in [4.78, 5) is 29.9. The normalized spacial score (nSPS) is 25.3. The summed E-state index contributed by atoms with van der Waals surface area (Å²) in [5.74, 6) is -0.262. The molecule has 0 aromatic heterocycles. The highest BCUT2D eigenvalue weighted by atomic mass is 16.6. The van der Waals surface area contributed by atoms with Crippen LogP contribution in [0.2, 0.25) is 0 Å². The van der Waals surface area contributed by atoms with Gasteiger partial charge in [-0.05, 0) is 17.5 Å². The number of amides is 2. The van der Waals surface area contributed by atoms with E-state index in [0.29, 0.717) is 13.0 Å². The van der Waals surface area contributed by atoms with E-state index < -0.39 is 6.09 Å². The topological polar surface area (TPSA) is 61.9 Å². The lowest BCUT2D eigenvalue weighted by atomic mass is 9.72. The van der Waals surface area contributed by atoms with E-state index in [1.54, 1.807) is 0 Å². The van der Waals surface area contributed by atoms with E-state index in [2.05, 4.69) is 22.3 Å². The SMILES string of the molecule is O=C1OC[C@H](Cc2ccccc2)N1C(=O)[C@H]1CN(Cc2ccccc2)CC12CNC2. The Morgan fingerprint density at radius 2 is 1.70 bits per heavy atom. The maximum atomic E-state index is 13.6. The highest BCUT2D eigenvalue weighted by Crippen LogP contribution is 2.42. The predicted molar refractivity (Wildman–Crippen MR) is 113 cm³/mol. The van der Waals surface area contributed by atoms with Gasteiger partial charge in [0.2, 0.25) is 5.91 Å². The van der Waals surface area contributed by atoms with Crippen LogP contribution in [0.5, 0.6) is 0 Å². The molecule has 1 N–H and O–H groups in total. The Labute approximate surface area is 176 Å². The first kappa shape index (κ1) is 19.3. The minimum Gasteiger partial charge on any atom is -0.447 e. The van der Waals surface area contributed by atoms with Gasteiger partial charge in [-0.2, -0.15) is 0 Å². The number of hydrogen-bond acceptors (Lipinski definition) is 5. The Morgan fingerprint density at radius 3 is 2.33 bits per heavy atom. The molecule has 2 aromatic carbocycles. The number of likely N-dealkylation sites (tertiary alicyclic amines) is 1. The van der Waals surface area contributed by atoms with Crippen LogP contribution in [0.3, 0.4) is 0 Å². The summed E-state index contributed by atoms with van der Waals surface area (Å²) < 4.78 is 5.31. The van der Waals surface area contributed by atoms with Crippen LogP contribution >= 0.6 is 0 Å². The third-order valence-corrected chi connectivity index (χ3v) is 6.73. The third-order valence-electron chi connectivity index (χ3n) is 6.73. The van der Waals surface area contributed by atoms with Crippen LogP contribution in [0, 0.1) is 11.3 Å². The number of ether oxygens (including phenoxy) is 1. The molecule has 3 saturated heterocycles. The number of rotatable bonds is 5. The van der Waals surface area contributed by atoms with Gasteiger partial charge < -0.3 is 10.1 Å². The molecule has 0 radical (unpaired) electrons. The van der Waals surface area contributed by atoms with Crippen molar-refractivity contribution in [3.05, 3.63) is 71.8 Å². The molecule has 156 valence electrons. The highest BCUT2D eigenvalue weighted by molar-refractivity contribution is 5.95. The maximum Gasteiger partial charge on any atom is 0.416 e. The van der Waals surface area contributed by atoms with Gasteiger partial charge in [0, 0.05) is 38.1 Å². The fourth-order valence-corrected chi connectivity index (χ4v) is 5.11. The number of benzene rings is 2. The van der Waals surface area contributed by atoms with Gasteiger partial charge in [-0.1, -0.05) is 60.7 Å². The van der Waals surface area contributed by atoms with Crippen LogP contribution in [-0.4, -0.2) is 60.6 Å². The molecular formula is C24H27N3O3. The Kier molecular flexibility index (Phi) is 5.05. The minimum absolute atomic E-state index is 0.0736. The first-order valence-electron chi connectivity index (χ1n) is 10.7. The summed E-state index contributed by atoms with van der Waals surface area (Å²) in [7, 11) is 0. The summed E-state index contributed by atoms with van der Waals surface area (Å²) >= 11 is 0. The summed E-state index contributed by atoms with van der Waals surface area (Å²) in [6.07, 6.45) is 0.133. The van der Waals surface area contributed by atoms with Crippen LogP contribution < -0.4 is 5.32 Å². The maximum absolute atomic E-state index is 13.6. The number of nitrogens with one attached hydrogen (secondary N) is 1. The summed E-state index contributed by atoms with van der Waals surface area (Å²) in [5, 5.41) is 3.35. The zero-order chi connectivity index (χ0) is 20.6. The lowest BCUT2D eigenvalue weighted by Crippen LogP contribution is -2.61. The molecule has 0 aliphatic carbocycles. The zero-order valence-electron chi connectivity index (χ0n) is 17.0. The molecule has 3 aliphatic rings. The van der Waals surface area contributed by atoms with Crippen LogP contribution in [0.15, 0.2) is 60.7 Å². The van der Waals surface area contributed by atoms with Crippen molar-refractivity contribution < 1.29 is 14.3 Å². The van der Waals surface area contributed by atoms with E-state index in [1.165, 1.54) is 10.5 Å². The Bertz CT molecular complexity index is 914. The largest absolute Gasteiger partial charge is 0.447 e. The van der Waals surface area contributed by atoms with Crippen molar-refractivity contribution in [1.82, 2.24) is 15.1 Å². The summed E-state index contributed by atoms with van der Waals surface area (Å²) in [5.41, 5.74) is 2.26. The molecule has 0 bridgehead atoms. The van der Waals surface area contributed by atoms with Crippen molar-refractivity contribution in [3.8, 4) is 0 Å². The monoisotopic (exact) mass is 405 g/mol. The van der Waals surface area contributed by atoms with Crippen LogP contribution in [0.1, 0.15) is 11.1 Å². The van der Waals surface area contributed by atoms with Crippen LogP contribution in [0.25, 0.3) is 0 Å². The molecule has 30 heavy (non-hydrogen) atoms. The molecule has 2 aromatic rings. The minimum atomic E-state index is -0.495. The number of carbonyl (C=O) groups excluding carboxylic acids is 2. The molecule has 0 unspecified atom stereocenters. The quantitative estimate of drug-likeness (QED) is 0.827. The van der Waals surface area contributed by atoms with Gasteiger partial charge in [0.15, 0.2) is 0 Å². The Balaban J connectivity index is 1.33. The molecule has 3 fully saturated rings. The standard InChI is InChI=1S/C24H27N3O3/c28-22(27-20(14-30-23(27)29)11-18-7-3-1-4-8-18)21-13-26(17-24(21)15-25-16-24)12-19-9-5-2-6-10-19/h1-10,20-21,25H,11-17H2/t20-,21+/m0/s1. The van der Waals surface area contributed by atoms with Gasteiger partial charge in [-0.25, -0.2) is 9.69 Å². The van der Waals surface area contributed by atoms with E-state index in [1.807, 2.05) is 48.5 Å². The van der Waals surface area contributed by atoms with E-state index in [-0.39, 0.29) is 29.9 Å². The van der Waals surface area contributed by atoms with Crippen molar-refractivity contribution in [2.75, 3.05) is 32.8 Å². The van der Waals surface area contributed by atoms with Crippen LogP contribution in [0.4, 0.5) is 4.79 Å². The number of nitrogens with zero attached hydrogens (tertiary/aromatic N) is 2. The van der Waals surface area contributed by atoms with Gasteiger partial charge >= 0.3 is 6.09 Å². The van der Waals surface area contributed by atoms with Crippen molar-refractivity contribution in [1.29, 1.82) is 0 Å². The first-order chi connectivity index (χ1) is 14.6. The number of carbonyl (C=O) groups is 2. The van der Waals surface area contributed by atoms with Gasteiger partial charge in [0.25, 0.3) is 0 Å². The highest BCUT2D eigenvalue weighted by Gasteiger charge is 2.56. The van der Waals surface area contributed by atoms with E-state index in [0.717, 1.165) is 31.7 Å². The van der Waals surface area contributed by atoms with Crippen molar-refractivity contribution in [2.45, 2.75) is 19.0 Å². The zero-order valence-corrected chi connectivity index (χ0v) is 17.0. The molecule has 6 nitrogen and oxygen atoms in total. The van der Waals surface area contributed by atoms with E-state index in [9.17, 15) is 9.59 Å². The molecule has 0 saturated carbocycles. The number of cyclic esters (lactones) is 1. The fourth-order valence-electron chi connectivity index (χ4n) is 5.11. The summed E-state index contributed by atoms with van der Waals surface area (Å²) in [6, 6.07) is 20.1. The van der Waals surface area contributed by atoms with Crippen LogP contribution in [-0.2, 0) is 22.5 Å². The molecule has 6 heteroatoms. The second kappa shape index (κ2) is 7.85. The first-order valence-corrected chi connectivity index (χ1v) is 10.7. The Morgan fingerprint density at radius 1 is 1.03 bits per heavy atom. The van der Waals surface area contributed by atoms with Gasteiger partial charge in [0.05, 0.1) is 12.0 Å². The van der Waals surface area contributed by atoms with Gasteiger partial charge in [0.1, 0.15) is 6.61 Å². The molecule has 3 aliphatic heterocycles. The summed E-state index contributed by atoms with van der Waals surface area (Å²) in [6.45, 7) is 4.28. The molecule has 1 spiro atoms. The number of imide groups is 1. The lowest BCUT2D eigenvalue weighted by molar-refractivity contribution is -0.137. The molecule has 2 amide bonds. The molecule has 3 heterocycles. The average molecular weight is 405 g/mol.